The lowest BCUT2D eigenvalue weighted by molar-refractivity contribution is 0.0924. The molecule has 1 aromatic rings. The fourth-order valence-corrected chi connectivity index (χ4v) is 1.49. The van der Waals surface area contributed by atoms with Crippen LogP contribution < -0.4 is 10.9 Å². The van der Waals surface area contributed by atoms with Crippen molar-refractivity contribution < 1.29 is 9.53 Å². The quantitative estimate of drug-likeness (QED) is 0.754. The molecule has 0 saturated heterocycles. The number of aromatic nitrogens is 1. The number of hydrogen-bond donors (Lipinski definition) is 1. The maximum Gasteiger partial charge on any atom is 0.251 e. The minimum absolute atomic E-state index is 0.187. The molecule has 106 valence electrons. The van der Waals surface area contributed by atoms with Gasteiger partial charge < -0.3 is 14.6 Å². The van der Waals surface area contributed by atoms with Gasteiger partial charge in [0.25, 0.3) is 11.5 Å². The van der Waals surface area contributed by atoms with Gasteiger partial charge in [-0.3, -0.25) is 9.59 Å². The van der Waals surface area contributed by atoms with Gasteiger partial charge in [0.05, 0.1) is 0 Å². The van der Waals surface area contributed by atoms with Gasteiger partial charge in [0.1, 0.15) is 0 Å². The van der Waals surface area contributed by atoms with Crippen LogP contribution in [0.5, 0.6) is 0 Å². The Morgan fingerprint density at radius 1 is 1.47 bits per heavy atom. The molecule has 0 aliphatic heterocycles. The van der Waals surface area contributed by atoms with Gasteiger partial charge in [0, 0.05) is 44.6 Å². The van der Waals surface area contributed by atoms with Gasteiger partial charge in [0.2, 0.25) is 0 Å². The lowest BCUT2D eigenvalue weighted by Crippen LogP contribution is -2.27. The van der Waals surface area contributed by atoms with Crippen LogP contribution in [-0.4, -0.2) is 30.2 Å². The minimum atomic E-state index is -0.221. The Kier molecular flexibility index (Phi) is 6.29. The highest BCUT2D eigenvalue weighted by Crippen LogP contribution is 1.95. The van der Waals surface area contributed by atoms with E-state index in [1.54, 1.807) is 19.3 Å². The van der Waals surface area contributed by atoms with Crippen LogP contribution >= 0.6 is 0 Å². The molecule has 0 fully saturated rings. The third-order valence-corrected chi connectivity index (χ3v) is 2.57. The Balaban J connectivity index is 2.28. The molecule has 0 aromatic carbocycles. The van der Waals surface area contributed by atoms with E-state index >= 15 is 0 Å². The number of ether oxygens (including phenoxy) is 1. The summed E-state index contributed by atoms with van der Waals surface area (Å²) in [6.45, 7) is 6.11. The van der Waals surface area contributed by atoms with Gasteiger partial charge in [-0.1, -0.05) is 13.8 Å². The number of carbonyl (C=O) groups excluding carboxylic acids is 1. The van der Waals surface area contributed by atoms with E-state index in [0.717, 1.165) is 13.0 Å². The van der Waals surface area contributed by atoms with E-state index in [1.165, 1.54) is 10.6 Å². The molecule has 0 unspecified atom stereocenters. The van der Waals surface area contributed by atoms with Crippen LogP contribution in [0.25, 0.3) is 0 Å². The molecule has 0 saturated carbocycles. The van der Waals surface area contributed by atoms with Crippen molar-refractivity contribution in [1.29, 1.82) is 0 Å². The largest absolute Gasteiger partial charge is 0.381 e. The lowest BCUT2D eigenvalue weighted by atomic mass is 10.2. The molecule has 1 N–H and O–H groups in total. The molecule has 0 atom stereocenters. The van der Waals surface area contributed by atoms with Crippen LogP contribution in [-0.2, 0) is 11.8 Å². The zero-order valence-corrected chi connectivity index (χ0v) is 11.8. The molecule has 1 amide bonds. The predicted octanol–water partition coefficient (Wildman–Crippen LogP) is 1.18. The fraction of sp³-hybridized carbons (Fsp3) is 0.571. The Hall–Kier alpha value is -1.62. The number of pyridine rings is 1. The maximum absolute atomic E-state index is 11.7. The van der Waals surface area contributed by atoms with Crippen molar-refractivity contribution in [3.8, 4) is 0 Å². The molecule has 5 nitrogen and oxygen atoms in total. The van der Waals surface area contributed by atoms with Gasteiger partial charge in [-0.25, -0.2) is 0 Å². The first-order chi connectivity index (χ1) is 9.00. The summed E-state index contributed by atoms with van der Waals surface area (Å²) in [6, 6.07) is 2.97. The van der Waals surface area contributed by atoms with Crippen molar-refractivity contribution in [2.24, 2.45) is 13.0 Å². The molecule has 1 aromatic heterocycles. The van der Waals surface area contributed by atoms with E-state index in [-0.39, 0.29) is 11.5 Å². The van der Waals surface area contributed by atoms with Crippen LogP contribution in [0.1, 0.15) is 30.6 Å². The fourth-order valence-electron chi connectivity index (χ4n) is 1.49. The van der Waals surface area contributed by atoms with Crippen LogP contribution in [0.2, 0.25) is 0 Å². The summed E-state index contributed by atoms with van der Waals surface area (Å²) in [6.07, 6.45) is 2.35. The highest BCUT2D eigenvalue weighted by Gasteiger charge is 2.05. The minimum Gasteiger partial charge on any atom is -0.381 e. The van der Waals surface area contributed by atoms with Gasteiger partial charge in [-0.05, 0) is 18.4 Å². The monoisotopic (exact) mass is 266 g/mol. The molecule has 0 bridgehead atoms. The molecule has 19 heavy (non-hydrogen) atoms. The summed E-state index contributed by atoms with van der Waals surface area (Å²) < 4.78 is 6.84. The third-order valence-electron chi connectivity index (χ3n) is 2.57. The van der Waals surface area contributed by atoms with Gasteiger partial charge in [-0.15, -0.1) is 0 Å². The number of nitrogens with zero attached hydrogens (tertiary/aromatic N) is 1. The van der Waals surface area contributed by atoms with Crippen LogP contribution in [0.4, 0.5) is 0 Å². The van der Waals surface area contributed by atoms with E-state index < -0.39 is 0 Å². The Morgan fingerprint density at radius 2 is 2.21 bits per heavy atom. The molecule has 1 heterocycles. The highest BCUT2D eigenvalue weighted by molar-refractivity contribution is 5.93. The van der Waals surface area contributed by atoms with Gasteiger partial charge in [0.15, 0.2) is 0 Å². The van der Waals surface area contributed by atoms with Crippen molar-refractivity contribution in [2.45, 2.75) is 20.3 Å². The van der Waals surface area contributed by atoms with E-state index in [2.05, 4.69) is 19.2 Å². The van der Waals surface area contributed by atoms with Crippen molar-refractivity contribution in [1.82, 2.24) is 9.88 Å². The van der Waals surface area contributed by atoms with Crippen molar-refractivity contribution in [2.75, 3.05) is 19.8 Å². The summed E-state index contributed by atoms with van der Waals surface area (Å²) in [5.41, 5.74) is 0.208. The topological polar surface area (TPSA) is 60.3 Å². The molecule has 1 rings (SSSR count). The van der Waals surface area contributed by atoms with E-state index in [9.17, 15) is 9.59 Å². The van der Waals surface area contributed by atoms with Crippen molar-refractivity contribution >= 4 is 5.91 Å². The van der Waals surface area contributed by atoms with E-state index in [0.29, 0.717) is 24.6 Å². The zero-order chi connectivity index (χ0) is 14.3. The van der Waals surface area contributed by atoms with Crippen molar-refractivity contribution in [3.63, 3.8) is 0 Å². The standard InChI is InChI=1S/C14H22N2O3/c1-11(2)10-19-8-4-6-15-14(18)12-5-7-16(3)13(17)9-12/h5,7,9,11H,4,6,8,10H2,1-3H3,(H,15,18). The first-order valence-electron chi connectivity index (χ1n) is 6.53. The highest BCUT2D eigenvalue weighted by atomic mass is 16.5. The molecule has 0 aliphatic carbocycles. The second-order valence-electron chi connectivity index (χ2n) is 4.94. The Labute approximate surface area is 113 Å². The first kappa shape index (κ1) is 15.4. The summed E-state index contributed by atoms with van der Waals surface area (Å²) in [4.78, 5) is 23.1. The summed E-state index contributed by atoms with van der Waals surface area (Å²) >= 11 is 0. The van der Waals surface area contributed by atoms with E-state index in [4.69, 9.17) is 4.74 Å². The lowest BCUT2D eigenvalue weighted by Gasteiger charge is -2.08. The maximum atomic E-state index is 11.7. The number of amides is 1. The van der Waals surface area contributed by atoms with Crippen LogP contribution in [0.3, 0.4) is 0 Å². The van der Waals surface area contributed by atoms with Crippen LogP contribution in [0, 0.1) is 5.92 Å². The molecular formula is C14H22N2O3. The smallest absolute Gasteiger partial charge is 0.251 e. The SMILES string of the molecule is CC(C)COCCCNC(=O)c1ccn(C)c(=O)c1. The molecule has 0 radical (unpaired) electrons. The van der Waals surface area contributed by atoms with Crippen LogP contribution in [0.15, 0.2) is 23.1 Å². The van der Waals surface area contributed by atoms with Gasteiger partial charge >= 0.3 is 0 Å². The normalized spacial score (nSPS) is 10.7. The number of aryl methyl sites for hydroxylation is 1. The molecule has 0 spiro atoms. The third kappa shape index (κ3) is 5.70. The molecular weight excluding hydrogens is 244 g/mol. The van der Waals surface area contributed by atoms with E-state index in [1.807, 2.05) is 0 Å². The average Bonchev–Trinajstić information content (AvgIpc) is 2.36. The number of rotatable bonds is 7. The number of hydrogen-bond acceptors (Lipinski definition) is 3. The summed E-state index contributed by atoms with van der Waals surface area (Å²) in [5.74, 6) is 0.302. The number of nitrogens with one attached hydrogen (secondary N) is 1. The zero-order valence-electron chi connectivity index (χ0n) is 11.8. The second-order valence-corrected chi connectivity index (χ2v) is 4.94. The summed E-state index contributed by atoms with van der Waals surface area (Å²) in [7, 11) is 1.65. The second kappa shape index (κ2) is 7.74. The average molecular weight is 266 g/mol. The molecule has 5 heteroatoms. The van der Waals surface area contributed by atoms with Gasteiger partial charge in [-0.2, -0.15) is 0 Å². The predicted molar refractivity (Wildman–Crippen MR) is 74.3 cm³/mol. The number of carbonyl (C=O) groups is 1. The Bertz CT molecular complexity index is 466. The summed E-state index contributed by atoms with van der Waals surface area (Å²) in [5, 5.41) is 2.77. The first-order valence-corrected chi connectivity index (χ1v) is 6.53. The van der Waals surface area contributed by atoms with Crippen molar-refractivity contribution in [3.05, 3.63) is 34.2 Å². The molecule has 0 aliphatic rings. The Morgan fingerprint density at radius 3 is 2.84 bits per heavy atom.